The Kier molecular flexibility index (Phi) is 9.59. The van der Waals surface area contributed by atoms with Gasteiger partial charge in [-0.05, 0) is 107 Å². The Bertz CT molecular complexity index is 2170. The summed E-state index contributed by atoms with van der Waals surface area (Å²) in [6, 6.07) is 2.88. The predicted molar refractivity (Wildman–Crippen MR) is 211 cm³/mol. The number of fused-ring (bicyclic) bond motifs is 6. The molecule has 4 amide bonds. The number of allylic oxidation sites excluding steroid dienone is 1. The van der Waals surface area contributed by atoms with Crippen molar-refractivity contribution in [2.24, 2.45) is 29.6 Å². The van der Waals surface area contributed by atoms with Crippen LogP contribution in [-0.4, -0.2) is 106 Å². The third-order valence-corrected chi connectivity index (χ3v) is 16.2. The number of benzene rings is 1. The molecule has 7 aliphatic rings. The average molecular weight is 820 g/mol. The second-order valence-electron chi connectivity index (χ2n) is 18.3. The van der Waals surface area contributed by atoms with Crippen molar-refractivity contribution in [1.82, 2.24) is 24.8 Å². The van der Waals surface area contributed by atoms with Crippen LogP contribution in [0.5, 0.6) is 17.4 Å². The van der Waals surface area contributed by atoms with Crippen LogP contribution in [-0.2, 0) is 24.4 Å². The minimum Gasteiger partial charge on any atom is -0.486 e. The zero-order valence-corrected chi connectivity index (χ0v) is 34.0. The van der Waals surface area contributed by atoms with E-state index in [1.54, 1.807) is 25.3 Å². The molecule has 3 aliphatic heterocycles. The maximum Gasteiger partial charge on any atom is 0.408 e. The highest BCUT2D eigenvalue weighted by Crippen LogP contribution is 2.54. The first kappa shape index (κ1) is 38.9. The van der Waals surface area contributed by atoms with Gasteiger partial charge >= 0.3 is 6.09 Å². The Morgan fingerprint density at radius 3 is 2.53 bits per heavy atom. The highest BCUT2D eigenvalue weighted by molar-refractivity contribution is 7.91. The van der Waals surface area contributed by atoms with E-state index in [9.17, 15) is 27.9 Å². The fourth-order valence-corrected chi connectivity index (χ4v) is 11.5. The van der Waals surface area contributed by atoms with Crippen molar-refractivity contribution in [3.8, 4) is 17.4 Å². The summed E-state index contributed by atoms with van der Waals surface area (Å²) in [5.74, 6) is -0.253. The quantitative estimate of drug-likeness (QED) is 0.336. The van der Waals surface area contributed by atoms with Gasteiger partial charge in [0.1, 0.15) is 36.9 Å². The van der Waals surface area contributed by atoms with E-state index in [0.29, 0.717) is 80.5 Å². The summed E-state index contributed by atoms with van der Waals surface area (Å²) in [7, 11) is -4.02. The molecule has 4 heterocycles. The molecule has 0 radical (unpaired) electrons. The molecule has 5 fully saturated rings. The lowest BCUT2D eigenvalue weighted by molar-refractivity contribution is -0.145. The van der Waals surface area contributed by atoms with Gasteiger partial charge in [-0.25, -0.2) is 18.2 Å². The highest BCUT2D eigenvalue weighted by Gasteiger charge is 2.63. The number of ether oxygens (including phenoxy) is 3. The lowest BCUT2D eigenvalue weighted by atomic mass is 9.86. The van der Waals surface area contributed by atoms with E-state index in [2.05, 4.69) is 21.9 Å². The Labute approximate surface area is 338 Å². The minimum atomic E-state index is -4.02. The van der Waals surface area contributed by atoms with Gasteiger partial charge in [-0.15, -0.1) is 0 Å². The SMILES string of the molecule is C[C@H]1CC/C=C\[C@@H]2C[C@@]2(C(=O)NS(=O)(=O)C2(C)CC2)NC(=O)[C@@H]2C[C@@H](Oc3nccc4c5c(ccc34)OCCO5)CN2C(=O)[C@@H](N(C(=O)O)C2C[C@@H]3C[C@@H]3C2)[C@H](C)C1. The topological polar surface area (TPSA) is 194 Å². The van der Waals surface area contributed by atoms with Crippen molar-refractivity contribution >= 4 is 44.6 Å². The number of aromatic nitrogens is 1. The maximum atomic E-state index is 15.3. The van der Waals surface area contributed by atoms with E-state index in [1.807, 2.05) is 25.1 Å². The number of amides is 4. The number of hydrogen-bond acceptors (Lipinski definition) is 10. The minimum absolute atomic E-state index is 0.0208. The van der Waals surface area contributed by atoms with Gasteiger partial charge in [-0.3, -0.25) is 24.0 Å². The first-order valence-corrected chi connectivity index (χ1v) is 22.4. The number of nitrogens with one attached hydrogen (secondary N) is 2. The third-order valence-electron chi connectivity index (χ3n) is 14.0. The average Bonchev–Trinajstić information content (AvgIpc) is 4.14. The number of carboxylic acid groups (broad SMARTS) is 1. The second kappa shape index (κ2) is 14.3. The smallest absolute Gasteiger partial charge is 0.408 e. The fourth-order valence-electron chi connectivity index (χ4n) is 10.2. The Morgan fingerprint density at radius 1 is 1.03 bits per heavy atom. The normalized spacial score (nSPS) is 35.6. The van der Waals surface area contributed by atoms with Crippen LogP contribution in [0.25, 0.3) is 10.8 Å². The number of rotatable bonds is 7. The van der Waals surface area contributed by atoms with Gasteiger partial charge in [0.15, 0.2) is 11.5 Å². The van der Waals surface area contributed by atoms with Crippen LogP contribution in [0.3, 0.4) is 0 Å². The molecule has 16 heteroatoms. The van der Waals surface area contributed by atoms with Crippen molar-refractivity contribution in [1.29, 1.82) is 0 Å². The number of pyridine rings is 1. The Hall–Kier alpha value is -4.60. The molecule has 15 nitrogen and oxygen atoms in total. The molecule has 1 aromatic carbocycles. The van der Waals surface area contributed by atoms with Crippen LogP contribution in [0.15, 0.2) is 36.5 Å². The molecule has 10 atom stereocenters. The van der Waals surface area contributed by atoms with Crippen LogP contribution in [0.4, 0.5) is 4.79 Å². The van der Waals surface area contributed by atoms with Gasteiger partial charge in [-0.2, -0.15) is 0 Å². The Balaban J connectivity index is 1.07. The molecular weight excluding hydrogens is 767 g/mol. The monoisotopic (exact) mass is 819 g/mol. The summed E-state index contributed by atoms with van der Waals surface area (Å²) < 4.78 is 46.1. The van der Waals surface area contributed by atoms with Gasteiger partial charge in [0, 0.05) is 35.3 Å². The highest BCUT2D eigenvalue weighted by atomic mass is 32.2. The summed E-state index contributed by atoms with van der Waals surface area (Å²) in [5, 5.41) is 15.1. The van der Waals surface area contributed by atoms with Crippen LogP contribution >= 0.6 is 0 Å². The van der Waals surface area contributed by atoms with Gasteiger partial charge in [0.25, 0.3) is 5.91 Å². The van der Waals surface area contributed by atoms with E-state index in [4.69, 9.17) is 14.2 Å². The van der Waals surface area contributed by atoms with Crippen LogP contribution in [0.2, 0.25) is 0 Å². The summed E-state index contributed by atoms with van der Waals surface area (Å²) in [5.41, 5.74) is -1.55. The molecule has 58 heavy (non-hydrogen) atoms. The van der Waals surface area contributed by atoms with E-state index < -0.39 is 68.2 Å². The first-order chi connectivity index (χ1) is 27.7. The van der Waals surface area contributed by atoms with Crippen molar-refractivity contribution < 1.29 is 46.9 Å². The molecule has 9 rings (SSSR count). The summed E-state index contributed by atoms with van der Waals surface area (Å²) >= 11 is 0. The number of carbonyl (C=O) groups excluding carboxylic acids is 3. The largest absolute Gasteiger partial charge is 0.486 e. The van der Waals surface area contributed by atoms with Crippen LogP contribution in [0, 0.1) is 29.6 Å². The molecule has 2 aromatic rings. The fraction of sp³-hybridized carbons (Fsp3) is 0.643. The number of sulfonamides is 1. The molecular formula is C42H53N5O10S. The Morgan fingerprint density at radius 2 is 1.79 bits per heavy atom. The van der Waals surface area contributed by atoms with E-state index >= 15 is 4.79 Å². The summed E-state index contributed by atoms with van der Waals surface area (Å²) in [6.07, 6.45) is 9.11. The van der Waals surface area contributed by atoms with E-state index in [1.165, 1.54) is 9.80 Å². The lowest BCUT2D eigenvalue weighted by Crippen LogP contribution is -2.61. The standard InChI is InChI=1S/C42H53N5O10S/c1-23-6-4-5-7-27-21-42(27,39(50)45-58(53,54)41(3)11-12-41)44-36(48)32-20-29(57-37-31-8-9-33-35(56-15-14-55-33)30(31)10-13-43-37)22-46(32)38(49)34(24(2)16-23)47(40(51)52)28-18-25-17-26(25)19-28/h5,7-10,13,23-29,32,34H,4,6,11-12,14-22H2,1-3H3,(H,44,48)(H,45,50)(H,51,52)/b7-5-/t23-,24+,25-,26+,27+,28?,29+,32-,34-,42+/m0/s1. The van der Waals surface area contributed by atoms with Crippen molar-refractivity contribution in [2.75, 3.05) is 19.8 Å². The van der Waals surface area contributed by atoms with Gasteiger partial charge in [-0.1, -0.05) is 26.0 Å². The predicted octanol–water partition coefficient (Wildman–Crippen LogP) is 4.39. The number of hydrogen-bond donors (Lipinski definition) is 3. The van der Waals surface area contributed by atoms with Gasteiger partial charge in [0.05, 0.1) is 11.3 Å². The maximum absolute atomic E-state index is 15.3. The zero-order valence-electron chi connectivity index (χ0n) is 33.2. The van der Waals surface area contributed by atoms with Gasteiger partial charge < -0.3 is 29.5 Å². The molecule has 1 aromatic heterocycles. The molecule has 4 saturated carbocycles. The van der Waals surface area contributed by atoms with Crippen LogP contribution < -0.4 is 24.2 Å². The van der Waals surface area contributed by atoms with Crippen molar-refractivity contribution in [2.45, 2.75) is 119 Å². The van der Waals surface area contributed by atoms with Crippen molar-refractivity contribution in [3.63, 3.8) is 0 Å². The molecule has 1 unspecified atom stereocenters. The van der Waals surface area contributed by atoms with Crippen molar-refractivity contribution in [3.05, 3.63) is 36.5 Å². The summed E-state index contributed by atoms with van der Waals surface area (Å²) in [4.78, 5) is 64.6. The van der Waals surface area contributed by atoms with Gasteiger partial charge in [0.2, 0.25) is 27.7 Å². The molecule has 312 valence electrons. The van der Waals surface area contributed by atoms with E-state index in [0.717, 1.165) is 18.2 Å². The van der Waals surface area contributed by atoms with E-state index in [-0.39, 0.29) is 43.1 Å². The number of nitrogens with zero attached hydrogens (tertiary/aromatic N) is 3. The third kappa shape index (κ3) is 6.92. The van der Waals surface area contributed by atoms with Crippen LogP contribution in [0.1, 0.15) is 85.0 Å². The molecule has 4 aliphatic carbocycles. The second-order valence-corrected chi connectivity index (χ2v) is 20.5. The molecule has 1 saturated heterocycles. The number of carbonyl (C=O) groups is 4. The molecule has 3 N–H and O–H groups in total. The lowest BCUT2D eigenvalue weighted by Gasteiger charge is -2.40. The summed E-state index contributed by atoms with van der Waals surface area (Å²) in [6.45, 7) is 6.39. The molecule has 0 spiro atoms. The molecule has 0 bridgehead atoms. The first-order valence-electron chi connectivity index (χ1n) is 20.9. The zero-order chi connectivity index (χ0) is 40.7.